The molecule has 0 unspecified atom stereocenters. The Hall–Kier alpha value is -6.97. The van der Waals surface area contributed by atoms with E-state index in [1.807, 2.05) is 0 Å². The summed E-state index contributed by atoms with van der Waals surface area (Å²) < 4.78 is 4.75. The quantitative estimate of drug-likeness (QED) is 0.185. The summed E-state index contributed by atoms with van der Waals surface area (Å²) in [6.45, 7) is 0. The summed E-state index contributed by atoms with van der Waals surface area (Å²) in [5.41, 5.74) is 13.4. The van der Waals surface area contributed by atoms with Crippen molar-refractivity contribution in [2.75, 3.05) is 0 Å². The second-order valence-corrected chi connectivity index (χ2v) is 14.0. The van der Waals surface area contributed by atoms with E-state index in [9.17, 15) is 0 Å². The fourth-order valence-electron chi connectivity index (χ4n) is 8.98. The van der Waals surface area contributed by atoms with E-state index in [1.54, 1.807) is 0 Å². The van der Waals surface area contributed by atoms with Gasteiger partial charge in [0.25, 0.3) is 0 Å². The Morgan fingerprint density at radius 2 is 0.962 bits per heavy atom. The molecule has 11 aromatic rings. The highest BCUT2D eigenvalue weighted by Gasteiger charge is 2.24. The van der Waals surface area contributed by atoms with Crippen LogP contribution in [0.15, 0.2) is 176 Å². The van der Waals surface area contributed by atoms with Gasteiger partial charge in [-0.2, -0.15) is 0 Å². The maximum atomic E-state index is 5.22. The SMILES string of the molecule is c1ccc(-n2c3ccccc3c3cc(-c4ccc5cc6c(cc5c4)c4ccccc4n6-c4ncc5c6c(cccc46)-c4ccccc4-5)ccc32)cc1. The minimum absolute atomic E-state index is 0.971. The first-order chi connectivity index (χ1) is 25.8. The van der Waals surface area contributed by atoms with Crippen LogP contribution in [0.1, 0.15) is 0 Å². The van der Waals surface area contributed by atoms with E-state index < -0.39 is 0 Å². The maximum absolute atomic E-state index is 5.22. The second kappa shape index (κ2) is 10.3. The molecule has 240 valence electrons. The summed E-state index contributed by atoms with van der Waals surface area (Å²) in [4.78, 5) is 5.22. The van der Waals surface area contributed by atoms with Gasteiger partial charge >= 0.3 is 0 Å². The first-order valence-electron chi connectivity index (χ1n) is 17.9. The molecule has 0 atom stereocenters. The second-order valence-electron chi connectivity index (χ2n) is 14.0. The molecule has 0 aliphatic heterocycles. The Labute approximate surface area is 299 Å². The molecule has 1 aliphatic carbocycles. The summed E-state index contributed by atoms with van der Waals surface area (Å²) in [5, 5.41) is 9.88. The standard InChI is InChI=1S/C49H29N3/c1-2-11-34(12-3-1)51-44-19-8-6-15-37(44)41-26-31(23-24-46(41)51)30-21-22-32-28-47-42(27-33(32)25-30)38-16-7-9-20-45(38)52(47)49-40-18-10-17-39-35-13-4-5-14-36(35)43(29-50-49)48(39)40/h1-29H. The van der Waals surface area contributed by atoms with Crippen LogP contribution in [-0.4, -0.2) is 14.1 Å². The zero-order valence-electron chi connectivity index (χ0n) is 28.1. The van der Waals surface area contributed by atoms with Crippen molar-refractivity contribution >= 4 is 65.2 Å². The lowest BCUT2D eigenvalue weighted by molar-refractivity contribution is 1.10. The summed E-state index contributed by atoms with van der Waals surface area (Å²) >= 11 is 0. The molecule has 0 saturated carbocycles. The Morgan fingerprint density at radius 1 is 0.346 bits per heavy atom. The number of rotatable bonds is 3. The predicted molar refractivity (Wildman–Crippen MR) is 218 cm³/mol. The molecule has 3 aromatic heterocycles. The van der Waals surface area contributed by atoms with Gasteiger partial charge in [0.1, 0.15) is 5.82 Å². The molecule has 1 aliphatic rings. The van der Waals surface area contributed by atoms with Gasteiger partial charge in [0, 0.05) is 49.8 Å². The average Bonchev–Trinajstić information content (AvgIpc) is 3.83. The van der Waals surface area contributed by atoms with Crippen LogP contribution in [0.4, 0.5) is 0 Å². The number of nitrogens with zero attached hydrogens (tertiary/aromatic N) is 3. The number of para-hydroxylation sites is 3. The third kappa shape index (κ3) is 3.72. The molecule has 3 heterocycles. The molecular formula is C49H29N3. The normalized spacial score (nSPS) is 12.2. The van der Waals surface area contributed by atoms with Gasteiger partial charge in [0.2, 0.25) is 0 Å². The fourth-order valence-corrected chi connectivity index (χ4v) is 8.98. The van der Waals surface area contributed by atoms with E-state index in [-0.39, 0.29) is 0 Å². The molecule has 0 spiro atoms. The summed E-state index contributed by atoms with van der Waals surface area (Å²) in [7, 11) is 0. The van der Waals surface area contributed by atoms with Crippen molar-refractivity contribution in [1.29, 1.82) is 0 Å². The molecule has 3 heteroatoms. The average molecular weight is 660 g/mol. The number of fused-ring (bicyclic) bond motifs is 10. The number of hydrogen-bond acceptors (Lipinski definition) is 1. The van der Waals surface area contributed by atoms with Gasteiger partial charge in [-0.15, -0.1) is 0 Å². The lowest BCUT2D eigenvalue weighted by atomic mass is 9.98. The largest absolute Gasteiger partial charge is 0.309 e. The van der Waals surface area contributed by atoms with Gasteiger partial charge in [0.05, 0.1) is 22.1 Å². The minimum Gasteiger partial charge on any atom is -0.309 e. The molecule has 0 saturated heterocycles. The van der Waals surface area contributed by atoms with Gasteiger partial charge in [-0.25, -0.2) is 4.98 Å². The number of hydrogen-bond donors (Lipinski definition) is 0. The van der Waals surface area contributed by atoms with Crippen LogP contribution in [0, 0.1) is 0 Å². The van der Waals surface area contributed by atoms with Crippen LogP contribution < -0.4 is 0 Å². The fraction of sp³-hybridized carbons (Fsp3) is 0. The highest BCUT2D eigenvalue weighted by atomic mass is 15.1. The van der Waals surface area contributed by atoms with E-state index in [0.29, 0.717) is 0 Å². The highest BCUT2D eigenvalue weighted by Crippen LogP contribution is 2.48. The topological polar surface area (TPSA) is 22.8 Å². The molecule has 3 nitrogen and oxygen atoms in total. The maximum Gasteiger partial charge on any atom is 0.145 e. The zero-order chi connectivity index (χ0) is 33.9. The molecule has 12 rings (SSSR count). The van der Waals surface area contributed by atoms with Crippen LogP contribution in [0.2, 0.25) is 0 Å². The van der Waals surface area contributed by atoms with Crippen LogP contribution in [0.5, 0.6) is 0 Å². The van der Waals surface area contributed by atoms with Gasteiger partial charge in [-0.05, 0) is 93.2 Å². The summed E-state index contributed by atoms with van der Waals surface area (Å²) in [6.07, 6.45) is 2.08. The first kappa shape index (κ1) is 27.8. The molecule has 0 N–H and O–H groups in total. The molecule has 8 aromatic carbocycles. The van der Waals surface area contributed by atoms with Crippen molar-refractivity contribution < 1.29 is 0 Å². The van der Waals surface area contributed by atoms with Gasteiger partial charge in [-0.3, -0.25) is 4.57 Å². The Morgan fingerprint density at radius 3 is 1.79 bits per heavy atom. The van der Waals surface area contributed by atoms with Crippen LogP contribution in [0.3, 0.4) is 0 Å². The van der Waals surface area contributed by atoms with E-state index >= 15 is 0 Å². The Kier molecular flexibility index (Phi) is 5.50. The zero-order valence-corrected chi connectivity index (χ0v) is 28.1. The van der Waals surface area contributed by atoms with Gasteiger partial charge in [-0.1, -0.05) is 115 Å². The lowest BCUT2D eigenvalue weighted by Crippen LogP contribution is -1.99. The number of aromatic nitrogens is 3. The third-order valence-corrected chi connectivity index (χ3v) is 11.3. The van der Waals surface area contributed by atoms with Crippen molar-refractivity contribution in [1.82, 2.24) is 14.1 Å². The monoisotopic (exact) mass is 659 g/mol. The van der Waals surface area contributed by atoms with Gasteiger partial charge in [0.15, 0.2) is 0 Å². The Bertz CT molecular complexity index is 3260. The highest BCUT2D eigenvalue weighted by molar-refractivity contribution is 6.19. The van der Waals surface area contributed by atoms with Gasteiger partial charge < -0.3 is 4.57 Å². The van der Waals surface area contributed by atoms with Crippen molar-refractivity contribution in [3.05, 3.63) is 176 Å². The van der Waals surface area contributed by atoms with Crippen LogP contribution in [0.25, 0.3) is 110 Å². The third-order valence-electron chi connectivity index (χ3n) is 11.3. The van der Waals surface area contributed by atoms with Crippen molar-refractivity contribution in [2.24, 2.45) is 0 Å². The summed E-state index contributed by atoms with van der Waals surface area (Å²) in [5.74, 6) is 0.971. The number of benzene rings is 8. The molecule has 52 heavy (non-hydrogen) atoms. The molecule has 0 bridgehead atoms. The van der Waals surface area contributed by atoms with Crippen molar-refractivity contribution in [3.63, 3.8) is 0 Å². The number of pyridine rings is 1. The Balaban J connectivity index is 1.05. The minimum atomic E-state index is 0.971. The smallest absolute Gasteiger partial charge is 0.145 e. The molecule has 0 radical (unpaired) electrons. The first-order valence-corrected chi connectivity index (χ1v) is 17.9. The van der Waals surface area contributed by atoms with E-state index in [0.717, 1.165) is 11.3 Å². The molecule has 0 amide bonds. The van der Waals surface area contributed by atoms with Crippen LogP contribution >= 0.6 is 0 Å². The molecule has 0 fully saturated rings. The van der Waals surface area contributed by atoms with E-state index in [4.69, 9.17) is 4.98 Å². The van der Waals surface area contributed by atoms with E-state index in [1.165, 1.54) is 98.7 Å². The van der Waals surface area contributed by atoms with E-state index in [2.05, 4.69) is 185 Å². The summed E-state index contributed by atoms with van der Waals surface area (Å²) in [6, 6.07) is 62.0. The predicted octanol–water partition coefficient (Wildman–Crippen LogP) is 12.9. The molecular weight excluding hydrogens is 631 g/mol. The van der Waals surface area contributed by atoms with Crippen LogP contribution in [-0.2, 0) is 0 Å². The lowest BCUT2D eigenvalue weighted by Gasteiger charge is -2.12. The van der Waals surface area contributed by atoms with Crippen molar-refractivity contribution in [3.8, 4) is 44.9 Å². The van der Waals surface area contributed by atoms with Crippen molar-refractivity contribution in [2.45, 2.75) is 0 Å².